The molecule has 0 bridgehead atoms. The molecule has 0 heterocycles. The first-order valence-corrected chi connectivity index (χ1v) is 5.42. The van der Waals surface area contributed by atoms with Crippen molar-refractivity contribution < 1.29 is 18.6 Å². The topological polar surface area (TPSA) is 55.5 Å². The molecule has 96 valence electrons. The smallest absolute Gasteiger partial charge is 0.131 e. The van der Waals surface area contributed by atoms with Gasteiger partial charge in [-0.25, -0.2) is 8.78 Å². The molecule has 1 aromatic rings. The number of aliphatic hydroxyl groups is 1. The van der Waals surface area contributed by atoms with Gasteiger partial charge in [0.1, 0.15) is 11.6 Å². The summed E-state index contributed by atoms with van der Waals surface area (Å²) in [5, 5.41) is 9.75. The zero-order chi connectivity index (χ0) is 12.8. The molecule has 0 spiro atoms. The molecule has 2 unspecified atom stereocenters. The van der Waals surface area contributed by atoms with Gasteiger partial charge in [-0.3, -0.25) is 0 Å². The van der Waals surface area contributed by atoms with Crippen LogP contribution in [-0.4, -0.2) is 24.9 Å². The van der Waals surface area contributed by atoms with Gasteiger partial charge in [-0.15, -0.1) is 0 Å². The third-order valence-corrected chi connectivity index (χ3v) is 2.55. The quantitative estimate of drug-likeness (QED) is 0.802. The van der Waals surface area contributed by atoms with E-state index in [1.54, 1.807) is 7.11 Å². The first-order valence-electron chi connectivity index (χ1n) is 5.42. The van der Waals surface area contributed by atoms with Crippen molar-refractivity contribution in [1.29, 1.82) is 0 Å². The molecule has 0 radical (unpaired) electrons. The summed E-state index contributed by atoms with van der Waals surface area (Å²) in [7, 11) is 1.54. The summed E-state index contributed by atoms with van der Waals surface area (Å²) in [6.45, 7) is 0.452. The summed E-state index contributed by atoms with van der Waals surface area (Å²) >= 11 is 0. The van der Waals surface area contributed by atoms with Crippen molar-refractivity contribution in [3.63, 3.8) is 0 Å². The molecule has 3 N–H and O–H groups in total. The molecule has 0 saturated carbocycles. The number of nitrogens with two attached hydrogens (primary N) is 1. The van der Waals surface area contributed by atoms with Gasteiger partial charge in [-0.2, -0.15) is 0 Å². The lowest BCUT2D eigenvalue weighted by Gasteiger charge is -2.17. The molecule has 0 aromatic heterocycles. The van der Waals surface area contributed by atoms with Crippen molar-refractivity contribution in [3.05, 3.63) is 35.4 Å². The number of ether oxygens (including phenoxy) is 1. The zero-order valence-corrected chi connectivity index (χ0v) is 9.70. The molecule has 0 aliphatic heterocycles. The molecular weight excluding hydrogens is 228 g/mol. The van der Waals surface area contributed by atoms with Gasteiger partial charge >= 0.3 is 0 Å². The van der Waals surface area contributed by atoms with Crippen LogP contribution in [0.25, 0.3) is 0 Å². The summed E-state index contributed by atoms with van der Waals surface area (Å²) in [6, 6.07) is 3.13. The summed E-state index contributed by atoms with van der Waals surface area (Å²) in [4.78, 5) is 0. The molecule has 1 rings (SSSR count). The van der Waals surface area contributed by atoms with Gasteiger partial charge in [-0.1, -0.05) is 6.07 Å². The van der Waals surface area contributed by atoms with Crippen molar-refractivity contribution >= 4 is 0 Å². The van der Waals surface area contributed by atoms with Gasteiger partial charge in [0.05, 0.1) is 11.7 Å². The van der Waals surface area contributed by atoms with Crippen LogP contribution in [0.4, 0.5) is 8.78 Å². The Bertz CT molecular complexity index is 340. The summed E-state index contributed by atoms with van der Waals surface area (Å²) < 4.78 is 31.5. The largest absolute Gasteiger partial charge is 0.388 e. The van der Waals surface area contributed by atoms with E-state index < -0.39 is 17.7 Å². The molecular formula is C12H17F2NO2. The van der Waals surface area contributed by atoms with Gasteiger partial charge in [0.2, 0.25) is 0 Å². The Kier molecular flexibility index (Phi) is 5.47. The van der Waals surface area contributed by atoms with Crippen LogP contribution in [0.3, 0.4) is 0 Å². The van der Waals surface area contributed by atoms with Gasteiger partial charge in [0, 0.05) is 19.8 Å². The maximum absolute atomic E-state index is 13.3. The number of aliphatic hydroxyl groups excluding tert-OH is 1. The number of benzene rings is 1. The third-order valence-electron chi connectivity index (χ3n) is 2.55. The number of hydrogen-bond acceptors (Lipinski definition) is 3. The maximum Gasteiger partial charge on any atom is 0.131 e. The first-order chi connectivity index (χ1) is 8.06. The Morgan fingerprint density at radius 2 is 1.94 bits per heavy atom. The fraction of sp³-hybridized carbons (Fsp3) is 0.500. The van der Waals surface area contributed by atoms with E-state index in [1.165, 1.54) is 6.07 Å². The Balaban J connectivity index is 2.66. The molecule has 1 aromatic carbocycles. The van der Waals surface area contributed by atoms with Crippen molar-refractivity contribution in [3.8, 4) is 0 Å². The average Bonchev–Trinajstić information content (AvgIpc) is 2.26. The molecule has 5 heteroatoms. The van der Waals surface area contributed by atoms with Gasteiger partial charge < -0.3 is 15.6 Å². The maximum atomic E-state index is 13.3. The zero-order valence-electron chi connectivity index (χ0n) is 9.70. The summed E-state index contributed by atoms with van der Waals surface area (Å²) in [6.07, 6.45) is -0.603. The van der Waals surface area contributed by atoms with E-state index in [4.69, 9.17) is 10.5 Å². The molecule has 17 heavy (non-hydrogen) atoms. The highest BCUT2D eigenvalue weighted by atomic mass is 19.1. The van der Waals surface area contributed by atoms with Gasteiger partial charge in [0.15, 0.2) is 0 Å². The minimum Gasteiger partial charge on any atom is -0.388 e. The summed E-state index contributed by atoms with van der Waals surface area (Å²) in [5.74, 6) is -1.51. The third kappa shape index (κ3) is 4.03. The highest BCUT2D eigenvalue weighted by Crippen LogP contribution is 2.24. The van der Waals surface area contributed by atoms with E-state index in [-0.39, 0.29) is 18.0 Å². The van der Waals surface area contributed by atoms with E-state index in [0.717, 1.165) is 12.1 Å². The lowest BCUT2D eigenvalue weighted by molar-refractivity contribution is 0.135. The predicted molar refractivity (Wildman–Crippen MR) is 60.4 cm³/mol. The van der Waals surface area contributed by atoms with Crippen molar-refractivity contribution in [2.24, 2.45) is 5.73 Å². The Morgan fingerprint density at radius 1 is 1.35 bits per heavy atom. The first kappa shape index (κ1) is 14.0. The van der Waals surface area contributed by atoms with Crippen molar-refractivity contribution in [2.75, 3.05) is 13.7 Å². The predicted octanol–water partition coefficient (Wildman–Crippen LogP) is 1.75. The van der Waals surface area contributed by atoms with Crippen LogP contribution in [0.2, 0.25) is 0 Å². The molecule has 3 nitrogen and oxygen atoms in total. The van der Waals surface area contributed by atoms with Crippen LogP contribution in [0.1, 0.15) is 24.5 Å². The van der Waals surface area contributed by atoms with E-state index in [9.17, 15) is 13.9 Å². The Labute approximate surface area is 99.2 Å². The van der Waals surface area contributed by atoms with Crippen molar-refractivity contribution in [1.82, 2.24) is 0 Å². The normalized spacial score (nSPS) is 14.6. The fourth-order valence-corrected chi connectivity index (χ4v) is 1.62. The van der Waals surface area contributed by atoms with Crippen LogP contribution >= 0.6 is 0 Å². The molecule has 0 aliphatic rings. The van der Waals surface area contributed by atoms with Crippen LogP contribution in [0.5, 0.6) is 0 Å². The lowest BCUT2D eigenvalue weighted by atomic mass is 10.00. The average molecular weight is 245 g/mol. The van der Waals surface area contributed by atoms with Gasteiger partial charge in [-0.05, 0) is 25.0 Å². The second-order valence-corrected chi connectivity index (χ2v) is 3.93. The molecule has 0 aliphatic carbocycles. The van der Waals surface area contributed by atoms with E-state index in [1.807, 2.05) is 0 Å². The highest BCUT2D eigenvalue weighted by molar-refractivity contribution is 5.22. The SMILES string of the molecule is COCCC(N)CC(O)c1c(F)cccc1F. The monoisotopic (exact) mass is 245 g/mol. The lowest BCUT2D eigenvalue weighted by Crippen LogP contribution is -2.25. The van der Waals surface area contributed by atoms with Crippen LogP contribution in [0, 0.1) is 11.6 Å². The number of methoxy groups -OCH3 is 1. The standard InChI is InChI=1S/C12H17F2NO2/c1-17-6-5-8(15)7-11(16)12-9(13)3-2-4-10(12)14/h2-4,8,11,16H,5-7,15H2,1H3. The van der Waals surface area contributed by atoms with Gasteiger partial charge in [0.25, 0.3) is 0 Å². The second-order valence-electron chi connectivity index (χ2n) is 3.93. The molecule has 0 amide bonds. The summed E-state index contributed by atoms with van der Waals surface area (Å²) in [5.41, 5.74) is 5.39. The molecule has 0 fully saturated rings. The highest BCUT2D eigenvalue weighted by Gasteiger charge is 2.19. The Morgan fingerprint density at radius 3 is 2.47 bits per heavy atom. The Hall–Kier alpha value is -1.04. The molecule has 2 atom stereocenters. The van der Waals surface area contributed by atoms with Crippen LogP contribution in [-0.2, 0) is 4.74 Å². The van der Waals surface area contributed by atoms with Crippen LogP contribution in [0.15, 0.2) is 18.2 Å². The number of hydrogen-bond donors (Lipinski definition) is 2. The molecule has 0 saturated heterocycles. The van der Waals surface area contributed by atoms with E-state index >= 15 is 0 Å². The van der Waals surface area contributed by atoms with E-state index in [2.05, 4.69) is 0 Å². The fourth-order valence-electron chi connectivity index (χ4n) is 1.62. The minimum atomic E-state index is -1.23. The van der Waals surface area contributed by atoms with E-state index in [0.29, 0.717) is 13.0 Å². The minimum absolute atomic E-state index is 0.0984. The number of rotatable bonds is 6. The number of halogens is 2. The van der Waals surface area contributed by atoms with Crippen LogP contribution < -0.4 is 5.73 Å². The van der Waals surface area contributed by atoms with Crippen molar-refractivity contribution in [2.45, 2.75) is 25.0 Å². The second kappa shape index (κ2) is 6.64.